The second kappa shape index (κ2) is 4.81. The first kappa shape index (κ1) is 10.8. The first-order valence-electron chi connectivity index (χ1n) is 3.94. The Morgan fingerprint density at radius 2 is 2.14 bits per heavy atom. The number of methoxy groups -OCH3 is 1. The maximum atomic E-state index is 11.3. The van der Waals surface area contributed by atoms with Crippen molar-refractivity contribution in [2.75, 3.05) is 12.4 Å². The summed E-state index contributed by atoms with van der Waals surface area (Å²) in [6.07, 6.45) is 0. The van der Waals surface area contributed by atoms with Gasteiger partial charge in [-0.15, -0.1) is 0 Å². The molecule has 0 saturated heterocycles. The third kappa shape index (κ3) is 2.60. The van der Waals surface area contributed by atoms with E-state index in [1.54, 1.807) is 19.2 Å². The van der Waals surface area contributed by atoms with E-state index < -0.39 is 0 Å². The zero-order valence-corrected chi connectivity index (χ0v) is 9.30. The van der Waals surface area contributed by atoms with Crippen LogP contribution >= 0.6 is 15.9 Å². The van der Waals surface area contributed by atoms with Gasteiger partial charge in [0.1, 0.15) is 5.75 Å². The fourth-order valence-electron chi connectivity index (χ4n) is 0.938. The van der Waals surface area contributed by atoms with E-state index in [1.807, 2.05) is 12.1 Å². The minimum absolute atomic E-state index is 0.281. The number of rotatable bonds is 3. The Balaban J connectivity index is 2.85. The Hall–Kier alpha value is -1.29. The molecule has 1 rings (SSSR count). The summed E-state index contributed by atoms with van der Waals surface area (Å²) < 4.78 is 5.35. The predicted molar refractivity (Wildman–Crippen MR) is 59.7 cm³/mol. The topological polar surface area (TPSA) is 38.3 Å². The largest absolute Gasteiger partial charge is 0.495 e. The van der Waals surface area contributed by atoms with Gasteiger partial charge in [-0.3, -0.25) is 4.79 Å². The van der Waals surface area contributed by atoms with Gasteiger partial charge in [0, 0.05) is 0 Å². The summed E-state index contributed by atoms with van der Waals surface area (Å²) in [5.74, 6) is 0.337. The van der Waals surface area contributed by atoms with Crippen LogP contribution in [0, 0.1) is 0 Å². The summed E-state index contributed by atoms with van der Waals surface area (Å²) in [5, 5.41) is 2.65. The van der Waals surface area contributed by atoms with Gasteiger partial charge in [-0.2, -0.15) is 0 Å². The summed E-state index contributed by atoms with van der Waals surface area (Å²) in [5.41, 5.74) is 0.626. The Morgan fingerprint density at radius 3 is 2.71 bits per heavy atom. The fourth-order valence-corrected chi connectivity index (χ4v) is 1.04. The molecule has 0 fully saturated rings. The minimum Gasteiger partial charge on any atom is -0.495 e. The predicted octanol–water partition coefficient (Wildman–Crippen LogP) is 2.54. The maximum Gasteiger partial charge on any atom is 0.262 e. The lowest BCUT2D eigenvalue weighted by atomic mass is 10.3. The summed E-state index contributed by atoms with van der Waals surface area (Å²) in [6.45, 7) is 3.47. The SMILES string of the molecule is C=C(Br)C(=O)Nc1ccccc1OC. The number of hydrogen-bond donors (Lipinski definition) is 1. The van der Waals surface area contributed by atoms with E-state index in [0.717, 1.165) is 0 Å². The molecule has 0 spiro atoms. The number of carbonyl (C=O) groups excluding carboxylic acids is 1. The number of nitrogens with one attached hydrogen (secondary N) is 1. The third-order valence-corrected chi connectivity index (χ3v) is 1.96. The van der Waals surface area contributed by atoms with Crippen molar-refractivity contribution in [2.45, 2.75) is 0 Å². The fraction of sp³-hybridized carbons (Fsp3) is 0.100. The van der Waals surface area contributed by atoms with Crippen molar-refractivity contribution in [1.82, 2.24) is 0 Å². The summed E-state index contributed by atoms with van der Waals surface area (Å²) in [6, 6.07) is 7.17. The molecular weight excluding hydrogens is 246 g/mol. The molecule has 0 aliphatic rings. The lowest BCUT2D eigenvalue weighted by molar-refractivity contribution is -0.112. The third-order valence-electron chi connectivity index (χ3n) is 1.60. The van der Waals surface area contributed by atoms with Gasteiger partial charge in [-0.25, -0.2) is 0 Å². The second-order valence-electron chi connectivity index (χ2n) is 2.56. The van der Waals surface area contributed by atoms with E-state index in [4.69, 9.17) is 4.74 Å². The molecule has 0 unspecified atom stereocenters. The first-order valence-corrected chi connectivity index (χ1v) is 4.73. The summed E-state index contributed by atoms with van der Waals surface area (Å²) in [7, 11) is 1.55. The van der Waals surface area contributed by atoms with E-state index >= 15 is 0 Å². The van der Waals surface area contributed by atoms with Crippen molar-refractivity contribution >= 4 is 27.5 Å². The highest BCUT2D eigenvalue weighted by Gasteiger charge is 2.07. The molecule has 0 bridgehead atoms. The number of ether oxygens (including phenoxy) is 1. The molecule has 0 saturated carbocycles. The smallest absolute Gasteiger partial charge is 0.262 e. The molecule has 1 aromatic rings. The lowest BCUT2D eigenvalue weighted by Gasteiger charge is -2.08. The standard InChI is InChI=1S/C10H10BrNO2/c1-7(11)10(13)12-8-5-3-4-6-9(8)14-2/h3-6H,1H2,2H3,(H,12,13). The maximum absolute atomic E-state index is 11.3. The zero-order valence-electron chi connectivity index (χ0n) is 7.71. The van der Waals surface area contributed by atoms with Gasteiger partial charge in [0.15, 0.2) is 0 Å². The van der Waals surface area contributed by atoms with Crippen LogP contribution in [-0.2, 0) is 4.79 Å². The number of para-hydroxylation sites is 2. The van der Waals surface area contributed by atoms with Crippen LogP contribution < -0.4 is 10.1 Å². The number of hydrogen-bond acceptors (Lipinski definition) is 2. The number of halogens is 1. The van der Waals surface area contributed by atoms with Crippen molar-refractivity contribution in [2.24, 2.45) is 0 Å². The van der Waals surface area contributed by atoms with E-state index in [9.17, 15) is 4.79 Å². The number of amides is 1. The highest BCUT2D eigenvalue weighted by atomic mass is 79.9. The van der Waals surface area contributed by atoms with Crippen LogP contribution in [0.5, 0.6) is 5.75 Å². The molecule has 4 heteroatoms. The number of carbonyl (C=O) groups is 1. The van der Waals surface area contributed by atoms with Crippen LogP contribution in [0.3, 0.4) is 0 Å². The lowest BCUT2D eigenvalue weighted by Crippen LogP contribution is -2.11. The van der Waals surface area contributed by atoms with E-state index in [-0.39, 0.29) is 10.4 Å². The molecule has 0 aromatic heterocycles. The van der Waals surface area contributed by atoms with Gasteiger partial charge in [0.2, 0.25) is 0 Å². The Bertz CT molecular complexity index is 363. The van der Waals surface area contributed by atoms with E-state index in [2.05, 4.69) is 27.8 Å². The van der Waals surface area contributed by atoms with Crippen molar-refractivity contribution in [3.63, 3.8) is 0 Å². The molecule has 0 aliphatic carbocycles. The minimum atomic E-state index is -0.283. The van der Waals surface area contributed by atoms with Crippen LogP contribution in [0.2, 0.25) is 0 Å². The van der Waals surface area contributed by atoms with Crippen molar-refractivity contribution in [3.8, 4) is 5.75 Å². The van der Waals surface area contributed by atoms with Crippen LogP contribution in [0.1, 0.15) is 0 Å². The quantitative estimate of drug-likeness (QED) is 0.844. The zero-order chi connectivity index (χ0) is 10.6. The summed E-state index contributed by atoms with van der Waals surface area (Å²) in [4.78, 5) is 11.3. The van der Waals surface area contributed by atoms with Gasteiger partial charge in [0.25, 0.3) is 5.91 Å². The van der Waals surface area contributed by atoms with Gasteiger partial charge in [0.05, 0.1) is 17.3 Å². The van der Waals surface area contributed by atoms with Crippen molar-refractivity contribution in [3.05, 3.63) is 35.3 Å². The van der Waals surface area contributed by atoms with Gasteiger partial charge in [-0.05, 0) is 28.1 Å². The highest BCUT2D eigenvalue weighted by molar-refractivity contribution is 9.12. The molecule has 1 N–H and O–H groups in total. The van der Waals surface area contributed by atoms with Crippen LogP contribution in [0.15, 0.2) is 35.3 Å². The van der Waals surface area contributed by atoms with E-state index in [1.165, 1.54) is 0 Å². The molecular formula is C10H10BrNO2. The van der Waals surface area contributed by atoms with Gasteiger partial charge in [-0.1, -0.05) is 18.7 Å². The molecule has 0 radical (unpaired) electrons. The molecule has 0 heterocycles. The Morgan fingerprint density at radius 1 is 1.50 bits per heavy atom. The molecule has 14 heavy (non-hydrogen) atoms. The van der Waals surface area contributed by atoms with Crippen molar-refractivity contribution in [1.29, 1.82) is 0 Å². The molecule has 0 atom stereocenters. The van der Waals surface area contributed by atoms with Crippen LogP contribution in [0.25, 0.3) is 0 Å². The molecule has 3 nitrogen and oxygen atoms in total. The van der Waals surface area contributed by atoms with Gasteiger partial charge >= 0.3 is 0 Å². The molecule has 1 amide bonds. The van der Waals surface area contributed by atoms with E-state index in [0.29, 0.717) is 11.4 Å². The van der Waals surface area contributed by atoms with Gasteiger partial charge < -0.3 is 10.1 Å². The molecule has 0 aliphatic heterocycles. The van der Waals surface area contributed by atoms with Crippen molar-refractivity contribution < 1.29 is 9.53 Å². The summed E-state index contributed by atoms with van der Waals surface area (Å²) >= 11 is 3.00. The first-order chi connectivity index (χ1) is 6.65. The Kier molecular flexibility index (Phi) is 3.71. The van der Waals surface area contributed by atoms with Crippen LogP contribution in [0.4, 0.5) is 5.69 Å². The molecule has 74 valence electrons. The number of anilines is 1. The normalized spacial score (nSPS) is 9.29. The average Bonchev–Trinajstić information content (AvgIpc) is 2.18. The average molecular weight is 256 g/mol. The second-order valence-corrected chi connectivity index (χ2v) is 3.52. The number of benzene rings is 1. The highest BCUT2D eigenvalue weighted by Crippen LogP contribution is 2.23. The molecule has 1 aromatic carbocycles. The Labute approximate surface area is 90.9 Å². The monoisotopic (exact) mass is 255 g/mol. The van der Waals surface area contributed by atoms with Crippen LogP contribution in [-0.4, -0.2) is 13.0 Å².